The number of hydrogen-bond acceptors (Lipinski definition) is 4. The van der Waals surface area contributed by atoms with Crippen LogP contribution in [-0.4, -0.2) is 52.4 Å². The Balaban J connectivity index is 2.13. The Bertz CT molecular complexity index is 515. The van der Waals surface area contributed by atoms with Crippen molar-refractivity contribution in [2.45, 2.75) is 39.4 Å². The minimum Gasteiger partial charge on any atom is -0.378 e. The van der Waals surface area contributed by atoms with Crippen LogP contribution in [0.2, 0.25) is 0 Å². The van der Waals surface area contributed by atoms with Gasteiger partial charge in [-0.15, -0.1) is 0 Å². The van der Waals surface area contributed by atoms with E-state index in [1.807, 2.05) is 32.5 Å². The summed E-state index contributed by atoms with van der Waals surface area (Å²) in [7, 11) is 1.93. The second kappa shape index (κ2) is 6.89. The predicted molar refractivity (Wildman–Crippen MR) is 83.9 cm³/mol. The summed E-state index contributed by atoms with van der Waals surface area (Å²) in [4.78, 5) is 14.5. The van der Waals surface area contributed by atoms with Crippen LogP contribution in [0.1, 0.15) is 25.2 Å². The molecule has 0 spiro atoms. The molecule has 1 unspecified atom stereocenters. The molecule has 1 atom stereocenters. The number of hydrogen-bond donors (Lipinski definition) is 1. The Morgan fingerprint density at radius 3 is 2.86 bits per heavy atom. The van der Waals surface area contributed by atoms with E-state index in [4.69, 9.17) is 4.74 Å². The molecule has 0 aliphatic carbocycles. The van der Waals surface area contributed by atoms with Gasteiger partial charge in [0.05, 0.1) is 29.1 Å². The summed E-state index contributed by atoms with van der Waals surface area (Å²) in [6.45, 7) is 8.41. The van der Waals surface area contributed by atoms with Gasteiger partial charge in [-0.1, -0.05) is 0 Å². The van der Waals surface area contributed by atoms with Gasteiger partial charge in [0.1, 0.15) is 6.04 Å². The molecule has 2 rings (SSSR count). The maximum atomic E-state index is 12.3. The van der Waals surface area contributed by atoms with Crippen molar-refractivity contribution in [3.8, 4) is 0 Å². The van der Waals surface area contributed by atoms with Gasteiger partial charge in [-0.05, 0) is 36.7 Å². The highest BCUT2D eigenvalue weighted by molar-refractivity contribution is 9.10. The molecular weight excluding hydrogens is 336 g/mol. The number of aryl methyl sites for hydroxylation is 2. The zero-order valence-electron chi connectivity index (χ0n) is 13.0. The van der Waals surface area contributed by atoms with Crippen molar-refractivity contribution in [2.24, 2.45) is 7.05 Å². The molecule has 1 aromatic heterocycles. The van der Waals surface area contributed by atoms with Crippen molar-refractivity contribution in [2.75, 3.05) is 19.8 Å². The molecule has 0 aromatic carbocycles. The van der Waals surface area contributed by atoms with E-state index in [1.54, 1.807) is 0 Å². The first-order chi connectivity index (χ1) is 9.90. The smallest absolute Gasteiger partial charge is 0.239 e. The van der Waals surface area contributed by atoms with Gasteiger partial charge in [-0.2, -0.15) is 5.10 Å². The van der Waals surface area contributed by atoms with Crippen molar-refractivity contribution in [1.29, 1.82) is 0 Å². The molecule has 1 aliphatic heterocycles. The van der Waals surface area contributed by atoms with E-state index in [9.17, 15) is 4.79 Å². The van der Waals surface area contributed by atoms with Gasteiger partial charge in [0.25, 0.3) is 0 Å². The quantitative estimate of drug-likeness (QED) is 0.878. The first-order valence-corrected chi connectivity index (χ1v) is 7.99. The molecule has 1 aromatic rings. The van der Waals surface area contributed by atoms with Crippen molar-refractivity contribution < 1.29 is 9.53 Å². The Kier molecular flexibility index (Phi) is 5.40. The lowest BCUT2D eigenvalue weighted by molar-refractivity contribution is -0.133. The summed E-state index contributed by atoms with van der Waals surface area (Å²) in [5, 5.41) is 7.37. The van der Waals surface area contributed by atoms with Gasteiger partial charge in [-0.3, -0.25) is 14.4 Å². The number of carbonyl (C=O) groups is 1. The zero-order chi connectivity index (χ0) is 15.6. The number of nitrogens with one attached hydrogen (secondary N) is 1. The van der Waals surface area contributed by atoms with E-state index in [0.717, 1.165) is 22.4 Å². The fraction of sp³-hybridized carbons (Fsp3) is 0.714. The third kappa shape index (κ3) is 3.84. The molecule has 1 N–H and O–H groups in total. The lowest BCUT2D eigenvalue weighted by atomic mass is 10.2. The molecule has 21 heavy (non-hydrogen) atoms. The molecule has 1 amide bonds. The van der Waals surface area contributed by atoms with Crippen LogP contribution < -0.4 is 5.32 Å². The lowest BCUT2D eigenvalue weighted by Gasteiger charge is -2.34. The maximum Gasteiger partial charge on any atom is 0.239 e. The lowest BCUT2D eigenvalue weighted by Crippen LogP contribution is -2.54. The number of nitrogens with zero attached hydrogens (tertiary/aromatic N) is 3. The number of aromatic nitrogens is 2. The topological polar surface area (TPSA) is 59.4 Å². The number of rotatable bonds is 4. The summed E-state index contributed by atoms with van der Waals surface area (Å²) in [5.74, 6) is 0.0275. The molecule has 118 valence electrons. The molecular formula is C14H23BrN4O2. The number of ether oxygens (including phenoxy) is 1. The second-order valence-electron chi connectivity index (χ2n) is 5.69. The summed E-state index contributed by atoms with van der Waals surface area (Å²) >= 11 is 3.58. The van der Waals surface area contributed by atoms with E-state index < -0.39 is 0 Å². The van der Waals surface area contributed by atoms with E-state index in [1.165, 1.54) is 0 Å². The predicted octanol–water partition coefficient (Wildman–Crippen LogP) is 1.22. The van der Waals surface area contributed by atoms with Crippen LogP contribution in [-0.2, 0) is 23.1 Å². The molecule has 0 bridgehead atoms. The van der Waals surface area contributed by atoms with Gasteiger partial charge in [0.2, 0.25) is 5.91 Å². The molecule has 7 heteroatoms. The van der Waals surface area contributed by atoms with Crippen LogP contribution in [0.4, 0.5) is 0 Å². The summed E-state index contributed by atoms with van der Waals surface area (Å²) in [6, 6.07) is -0.116. The van der Waals surface area contributed by atoms with Crippen molar-refractivity contribution in [3.05, 3.63) is 15.9 Å². The summed E-state index contributed by atoms with van der Waals surface area (Å²) in [6.07, 6.45) is 0. The van der Waals surface area contributed by atoms with Gasteiger partial charge in [0.15, 0.2) is 0 Å². The van der Waals surface area contributed by atoms with Gasteiger partial charge >= 0.3 is 0 Å². The highest BCUT2D eigenvalue weighted by atomic mass is 79.9. The van der Waals surface area contributed by atoms with Crippen LogP contribution in [0, 0.1) is 6.92 Å². The molecule has 1 aliphatic rings. The maximum absolute atomic E-state index is 12.3. The van der Waals surface area contributed by atoms with Gasteiger partial charge < -0.3 is 10.1 Å². The molecule has 1 fully saturated rings. The normalized spacial score (nSPS) is 20.0. The number of amides is 1. The standard InChI is InChI=1S/C14H23BrN4O2/c1-9(2)16-14(20)12-8-21-6-5-19(12)7-11-13(15)10(3)17-18(11)4/h9,12H,5-8H2,1-4H3,(H,16,20). The second-order valence-corrected chi connectivity index (χ2v) is 6.49. The summed E-state index contributed by atoms with van der Waals surface area (Å²) < 4.78 is 8.36. The van der Waals surface area contributed by atoms with Crippen LogP contribution in [0.5, 0.6) is 0 Å². The first-order valence-electron chi connectivity index (χ1n) is 7.20. The van der Waals surface area contributed by atoms with Crippen LogP contribution in [0.3, 0.4) is 0 Å². The Labute approximate surface area is 133 Å². The third-order valence-electron chi connectivity index (χ3n) is 3.59. The van der Waals surface area contributed by atoms with Crippen molar-refractivity contribution in [3.63, 3.8) is 0 Å². The highest BCUT2D eigenvalue weighted by Gasteiger charge is 2.31. The molecule has 0 radical (unpaired) electrons. The third-order valence-corrected chi connectivity index (χ3v) is 4.62. The number of halogens is 1. The van der Waals surface area contributed by atoms with Crippen LogP contribution in [0.15, 0.2) is 4.47 Å². The van der Waals surface area contributed by atoms with E-state index in [0.29, 0.717) is 19.8 Å². The largest absolute Gasteiger partial charge is 0.378 e. The monoisotopic (exact) mass is 358 g/mol. The molecule has 2 heterocycles. The fourth-order valence-electron chi connectivity index (χ4n) is 2.49. The van der Waals surface area contributed by atoms with Gasteiger partial charge in [0, 0.05) is 26.2 Å². The Morgan fingerprint density at radius 2 is 2.29 bits per heavy atom. The minimum atomic E-state index is -0.247. The molecule has 0 saturated carbocycles. The average molecular weight is 359 g/mol. The average Bonchev–Trinajstić information content (AvgIpc) is 2.65. The van der Waals surface area contributed by atoms with Gasteiger partial charge in [-0.25, -0.2) is 0 Å². The summed E-state index contributed by atoms with van der Waals surface area (Å²) in [5.41, 5.74) is 2.04. The Morgan fingerprint density at radius 1 is 1.57 bits per heavy atom. The molecule has 6 nitrogen and oxygen atoms in total. The van der Waals surface area contributed by atoms with Crippen LogP contribution in [0.25, 0.3) is 0 Å². The highest BCUT2D eigenvalue weighted by Crippen LogP contribution is 2.23. The van der Waals surface area contributed by atoms with Crippen LogP contribution >= 0.6 is 15.9 Å². The molecule has 1 saturated heterocycles. The first kappa shape index (κ1) is 16.5. The SMILES string of the molecule is Cc1nn(C)c(CN2CCOCC2C(=O)NC(C)C)c1Br. The Hall–Kier alpha value is -0.920. The number of morpholine rings is 1. The number of carbonyl (C=O) groups excluding carboxylic acids is 1. The zero-order valence-corrected chi connectivity index (χ0v) is 14.6. The minimum absolute atomic E-state index is 0.0275. The van der Waals surface area contributed by atoms with E-state index >= 15 is 0 Å². The fourth-order valence-corrected chi connectivity index (χ4v) is 2.96. The van der Waals surface area contributed by atoms with Crippen molar-refractivity contribution in [1.82, 2.24) is 20.0 Å². The van der Waals surface area contributed by atoms with E-state index in [2.05, 4.69) is 31.2 Å². The van der Waals surface area contributed by atoms with E-state index in [-0.39, 0.29) is 18.0 Å². The van der Waals surface area contributed by atoms with Crippen molar-refractivity contribution >= 4 is 21.8 Å².